The minimum atomic E-state index is -0.630. The molecular weight excluding hydrogens is 242 g/mol. The van der Waals surface area contributed by atoms with Gasteiger partial charge in [0.1, 0.15) is 0 Å². The van der Waals surface area contributed by atoms with Crippen molar-refractivity contribution in [2.45, 2.75) is 33.2 Å². The number of benzene rings is 1. The summed E-state index contributed by atoms with van der Waals surface area (Å²) in [6, 6.07) is 6.42. The van der Waals surface area contributed by atoms with Crippen molar-refractivity contribution in [2.24, 2.45) is 16.9 Å². The molecule has 5 N–H and O–H groups in total. The molecule has 0 fully saturated rings. The number of carbonyl (C=O) groups excluding carboxylic acids is 2. The Labute approximate surface area is 113 Å². The maximum absolute atomic E-state index is 12.0. The van der Waals surface area contributed by atoms with Crippen molar-refractivity contribution in [1.29, 1.82) is 0 Å². The lowest BCUT2D eigenvalue weighted by atomic mass is 9.87. The van der Waals surface area contributed by atoms with Gasteiger partial charge < -0.3 is 16.8 Å². The van der Waals surface area contributed by atoms with Crippen LogP contribution >= 0.6 is 0 Å². The van der Waals surface area contributed by atoms with Crippen molar-refractivity contribution < 1.29 is 9.59 Å². The highest BCUT2D eigenvalue weighted by Crippen LogP contribution is 2.20. The van der Waals surface area contributed by atoms with Crippen LogP contribution < -0.4 is 16.8 Å². The topological polar surface area (TPSA) is 98.2 Å². The Morgan fingerprint density at radius 2 is 1.84 bits per heavy atom. The number of anilines is 1. The molecule has 0 aliphatic carbocycles. The van der Waals surface area contributed by atoms with E-state index in [1.165, 1.54) is 0 Å². The molecule has 0 saturated heterocycles. The molecule has 19 heavy (non-hydrogen) atoms. The number of nitrogens with two attached hydrogens (primary N) is 2. The number of primary amides is 1. The summed E-state index contributed by atoms with van der Waals surface area (Å²) in [5, 5.41) is 2.75. The molecule has 2 amide bonds. The van der Waals surface area contributed by atoms with Crippen LogP contribution in [0.3, 0.4) is 0 Å². The number of carbonyl (C=O) groups is 2. The maximum Gasteiger partial charge on any atom is 0.241 e. The van der Waals surface area contributed by atoms with E-state index in [-0.39, 0.29) is 17.7 Å². The number of amides is 2. The lowest BCUT2D eigenvalue weighted by Crippen LogP contribution is -2.45. The van der Waals surface area contributed by atoms with Crippen molar-refractivity contribution >= 4 is 17.5 Å². The standard InChI is InChI=1S/C14H21N3O2/c1-14(2,3)12(16)13(19)17-10-7-5-4-6-9(10)8-11(15)18/h4-7,12H,8,16H2,1-3H3,(H2,15,18)(H,17,19). The maximum atomic E-state index is 12.0. The molecule has 1 aromatic carbocycles. The van der Waals surface area contributed by atoms with Gasteiger partial charge in [-0.2, -0.15) is 0 Å². The molecule has 1 unspecified atom stereocenters. The van der Waals surface area contributed by atoms with Gasteiger partial charge in [0.15, 0.2) is 0 Å². The summed E-state index contributed by atoms with van der Waals surface area (Å²) in [5.74, 6) is -0.716. The Morgan fingerprint density at radius 3 is 2.37 bits per heavy atom. The lowest BCUT2D eigenvalue weighted by Gasteiger charge is -2.26. The first-order valence-electron chi connectivity index (χ1n) is 6.14. The molecule has 0 aliphatic heterocycles. The third-order valence-corrected chi connectivity index (χ3v) is 2.86. The van der Waals surface area contributed by atoms with Gasteiger partial charge in [0, 0.05) is 5.69 Å². The third-order valence-electron chi connectivity index (χ3n) is 2.86. The van der Waals surface area contributed by atoms with Crippen molar-refractivity contribution in [3.8, 4) is 0 Å². The quantitative estimate of drug-likeness (QED) is 0.756. The molecule has 104 valence electrons. The van der Waals surface area contributed by atoms with E-state index >= 15 is 0 Å². The summed E-state index contributed by atoms with van der Waals surface area (Å²) in [7, 11) is 0. The Hall–Kier alpha value is -1.88. The first kappa shape index (κ1) is 15.2. The number of hydrogen-bond acceptors (Lipinski definition) is 3. The summed E-state index contributed by atoms with van der Waals surface area (Å²) in [5.41, 5.74) is 12.0. The predicted molar refractivity (Wildman–Crippen MR) is 75.4 cm³/mol. The van der Waals surface area contributed by atoms with Gasteiger partial charge >= 0.3 is 0 Å². The summed E-state index contributed by atoms with van der Waals surface area (Å²) in [6.45, 7) is 5.69. The van der Waals surface area contributed by atoms with Crippen LogP contribution in [-0.2, 0) is 16.0 Å². The van der Waals surface area contributed by atoms with Crippen LogP contribution in [-0.4, -0.2) is 17.9 Å². The van der Waals surface area contributed by atoms with E-state index in [1.807, 2.05) is 20.8 Å². The minimum absolute atomic E-state index is 0.0845. The highest BCUT2D eigenvalue weighted by atomic mass is 16.2. The van der Waals surface area contributed by atoms with Crippen molar-refractivity contribution in [2.75, 3.05) is 5.32 Å². The van der Waals surface area contributed by atoms with Gasteiger partial charge in [0.25, 0.3) is 0 Å². The van der Waals surface area contributed by atoms with Gasteiger partial charge in [0.2, 0.25) is 11.8 Å². The molecule has 0 radical (unpaired) electrons. The molecule has 0 spiro atoms. The Morgan fingerprint density at radius 1 is 1.26 bits per heavy atom. The van der Waals surface area contributed by atoms with Gasteiger partial charge in [-0.25, -0.2) is 0 Å². The molecule has 1 rings (SSSR count). The number of hydrogen-bond donors (Lipinski definition) is 3. The fourth-order valence-corrected chi connectivity index (χ4v) is 1.59. The fourth-order valence-electron chi connectivity index (χ4n) is 1.59. The van der Waals surface area contributed by atoms with Gasteiger partial charge in [0.05, 0.1) is 12.5 Å². The van der Waals surface area contributed by atoms with Crippen molar-refractivity contribution in [3.63, 3.8) is 0 Å². The zero-order valence-corrected chi connectivity index (χ0v) is 11.6. The molecule has 0 saturated carbocycles. The van der Waals surface area contributed by atoms with E-state index in [0.29, 0.717) is 11.3 Å². The summed E-state index contributed by atoms with van der Waals surface area (Å²) >= 11 is 0. The predicted octanol–water partition coefficient (Wildman–Crippen LogP) is 1.03. The van der Waals surface area contributed by atoms with Crippen LogP contribution in [0.2, 0.25) is 0 Å². The Balaban J connectivity index is 2.88. The molecule has 0 aromatic heterocycles. The highest BCUT2D eigenvalue weighted by Gasteiger charge is 2.27. The Kier molecular flexibility index (Phi) is 4.67. The zero-order chi connectivity index (χ0) is 14.6. The van der Waals surface area contributed by atoms with E-state index in [1.54, 1.807) is 24.3 Å². The first-order chi connectivity index (χ1) is 8.71. The largest absolute Gasteiger partial charge is 0.369 e. The van der Waals surface area contributed by atoms with Crippen LogP contribution in [0.5, 0.6) is 0 Å². The molecule has 0 bridgehead atoms. The second-order valence-electron chi connectivity index (χ2n) is 5.63. The van der Waals surface area contributed by atoms with Gasteiger partial charge in [-0.1, -0.05) is 39.0 Å². The van der Waals surface area contributed by atoms with Crippen LogP contribution in [0.15, 0.2) is 24.3 Å². The van der Waals surface area contributed by atoms with E-state index in [2.05, 4.69) is 5.32 Å². The minimum Gasteiger partial charge on any atom is -0.369 e. The molecule has 0 heterocycles. The average molecular weight is 263 g/mol. The van der Waals surface area contributed by atoms with E-state index < -0.39 is 11.9 Å². The van der Waals surface area contributed by atoms with Crippen LogP contribution in [0.25, 0.3) is 0 Å². The van der Waals surface area contributed by atoms with Crippen LogP contribution in [0, 0.1) is 5.41 Å². The number of rotatable bonds is 4. The van der Waals surface area contributed by atoms with E-state index in [9.17, 15) is 9.59 Å². The third kappa shape index (κ3) is 4.37. The monoisotopic (exact) mass is 263 g/mol. The average Bonchev–Trinajstić information content (AvgIpc) is 2.28. The summed E-state index contributed by atoms with van der Waals surface area (Å²) < 4.78 is 0. The molecular formula is C14H21N3O2. The molecule has 5 nitrogen and oxygen atoms in total. The molecule has 0 aliphatic rings. The Bertz CT molecular complexity index is 478. The zero-order valence-electron chi connectivity index (χ0n) is 11.6. The van der Waals surface area contributed by atoms with Gasteiger partial charge in [-0.15, -0.1) is 0 Å². The van der Waals surface area contributed by atoms with Crippen LogP contribution in [0.4, 0.5) is 5.69 Å². The second kappa shape index (κ2) is 5.84. The van der Waals surface area contributed by atoms with E-state index in [4.69, 9.17) is 11.5 Å². The van der Waals surface area contributed by atoms with Gasteiger partial charge in [-0.05, 0) is 17.0 Å². The summed E-state index contributed by atoms with van der Waals surface area (Å²) in [6.07, 6.45) is 0.0845. The highest BCUT2D eigenvalue weighted by molar-refractivity contribution is 5.96. The van der Waals surface area contributed by atoms with Crippen molar-refractivity contribution in [3.05, 3.63) is 29.8 Å². The summed E-state index contributed by atoms with van der Waals surface area (Å²) in [4.78, 5) is 23.0. The van der Waals surface area contributed by atoms with E-state index in [0.717, 1.165) is 0 Å². The molecule has 5 heteroatoms. The SMILES string of the molecule is CC(C)(C)C(N)C(=O)Nc1ccccc1CC(N)=O. The number of nitrogens with one attached hydrogen (secondary N) is 1. The smallest absolute Gasteiger partial charge is 0.241 e. The van der Waals surface area contributed by atoms with Crippen LogP contribution in [0.1, 0.15) is 26.3 Å². The van der Waals surface area contributed by atoms with Gasteiger partial charge in [-0.3, -0.25) is 9.59 Å². The second-order valence-corrected chi connectivity index (χ2v) is 5.63. The lowest BCUT2D eigenvalue weighted by molar-refractivity contribution is -0.119. The first-order valence-corrected chi connectivity index (χ1v) is 6.14. The fraction of sp³-hybridized carbons (Fsp3) is 0.429. The normalized spacial score (nSPS) is 12.8. The molecule has 1 aromatic rings. The molecule has 1 atom stereocenters. The van der Waals surface area contributed by atoms with Crippen molar-refractivity contribution in [1.82, 2.24) is 0 Å². The number of para-hydroxylation sites is 1.